The van der Waals surface area contributed by atoms with Crippen molar-refractivity contribution in [1.82, 2.24) is 14.1 Å². The quantitative estimate of drug-likeness (QED) is 0.378. The molecule has 0 aliphatic rings. The molecule has 0 saturated heterocycles. The molecule has 184 valence electrons. The first kappa shape index (κ1) is 24.3. The molecule has 0 saturated carbocycles. The van der Waals surface area contributed by atoms with E-state index >= 15 is 0 Å². The highest BCUT2D eigenvalue weighted by Gasteiger charge is 2.31. The van der Waals surface area contributed by atoms with Gasteiger partial charge in [0.25, 0.3) is 10.0 Å². The van der Waals surface area contributed by atoms with Gasteiger partial charge in [0.15, 0.2) is 0 Å². The number of thiophene rings is 1. The molecule has 2 N–H and O–H groups in total. The molecule has 0 spiro atoms. The summed E-state index contributed by atoms with van der Waals surface area (Å²) in [4.78, 5) is 17.0. The normalized spacial score (nSPS) is 12.0. The van der Waals surface area contributed by atoms with Gasteiger partial charge in [0, 0.05) is 6.20 Å². The first-order valence-electron chi connectivity index (χ1n) is 9.83. The minimum absolute atomic E-state index is 0.0310. The van der Waals surface area contributed by atoms with Gasteiger partial charge in [-0.2, -0.15) is 0 Å². The topological polar surface area (TPSA) is 115 Å². The Labute approximate surface area is 200 Å². The van der Waals surface area contributed by atoms with E-state index in [1.165, 1.54) is 42.0 Å². The first-order valence-corrected chi connectivity index (χ1v) is 12.2. The summed E-state index contributed by atoms with van der Waals surface area (Å²) in [6, 6.07) is 10.5. The Morgan fingerprint density at radius 2 is 1.89 bits per heavy atom. The SMILES string of the molecule is Cc1c(O)n(-c2ccc(OC(F)(F)F)cc2)c(=O)n1Cc1ccnc(NS(=O)(=O)c2cccs2)c1. The van der Waals surface area contributed by atoms with Crippen molar-refractivity contribution in [1.29, 1.82) is 0 Å². The number of hydrogen-bond donors (Lipinski definition) is 2. The molecule has 0 aliphatic carbocycles. The second kappa shape index (κ2) is 9.11. The van der Waals surface area contributed by atoms with Crippen LogP contribution in [0.1, 0.15) is 11.3 Å². The van der Waals surface area contributed by atoms with Crippen molar-refractivity contribution in [3.05, 3.63) is 81.8 Å². The van der Waals surface area contributed by atoms with Crippen molar-refractivity contribution >= 4 is 27.2 Å². The number of imidazole rings is 1. The summed E-state index contributed by atoms with van der Waals surface area (Å²) in [5.41, 5.74) is 0.188. The highest BCUT2D eigenvalue weighted by molar-refractivity contribution is 7.94. The van der Waals surface area contributed by atoms with Gasteiger partial charge >= 0.3 is 12.1 Å². The number of halogens is 3. The monoisotopic (exact) mass is 526 g/mol. The summed E-state index contributed by atoms with van der Waals surface area (Å²) in [7, 11) is -3.82. The van der Waals surface area contributed by atoms with Gasteiger partial charge in [0.2, 0.25) is 5.88 Å². The minimum Gasteiger partial charge on any atom is -0.493 e. The van der Waals surface area contributed by atoms with Gasteiger partial charge in [-0.05, 0) is 60.3 Å². The Hall–Kier alpha value is -3.78. The molecule has 1 aromatic carbocycles. The van der Waals surface area contributed by atoms with Gasteiger partial charge in [-0.3, -0.25) is 9.29 Å². The standard InChI is InChI=1S/C21H17F3N4O5S2/c1-13-19(29)28(15-4-6-16(7-5-15)33-21(22,23)24)20(30)27(13)12-14-8-9-25-17(11-14)26-35(31,32)18-3-2-10-34-18/h2-11,29H,12H2,1H3,(H,25,26). The van der Waals surface area contributed by atoms with Crippen molar-refractivity contribution in [3.63, 3.8) is 0 Å². The van der Waals surface area contributed by atoms with Crippen LogP contribution in [0.15, 0.2) is 69.1 Å². The molecule has 3 heterocycles. The van der Waals surface area contributed by atoms with Crippen molar-refractivity contribution in [2.24, 2.45) is 0 Å². The molecule has 4 rings (SSSR count). The highest BCUT2D eigenvalue weighted by Crippen LogP contribution is 2.26. The fourth-order valence-corrected chi connectivity index (χ4v) is 5.26. The van der Waals surface area contributed by atoms with E-state index in [9.17, 15) is 31.5 Å². The molecular weight excluding hydrogens is 509 g/mol. The maximum absolute atomic E-state index is 13.0. The maximum Gasteiger partial charge on any atom is 0.573 e. The lowest BCUT2D eigenvalue weighted by Crippen LogP contribution is -2.24. The number of sulfonamides is 1. The number of nitrogens with zero attached hydrogens (tertiary/aromatic N) is 3. The van der Waals surface area contributed by atoms with Gasteiger partial charge in [-0.15, -0.1) is 24.5 Å². The van der Waals surface area contributed by atoms with E-state index in [2.05, 4.69) is 14.4 Å². The molecule has 35 heavy (non-hydrogen) atoms. The van der Waals surface area contributed by atoms with E-state index in [-0.39, 0.29) is 28.0 Å². The van der Waals surface area contributed by atoms with Crippen molar-refractivity contribution in [2.75, 3.05) is 4.72 Å². The van der Waals surface area contributed by atoms with E-state index in [0.29, 0.717) is 5.56 Å². The van der Waals surface area contributed by atoms with Crippen LogP contribution in [0.4, 0.5) is 19.0 Å². The number of aromatic hydroxyl groups is 1. The highest BCUT2D eigenvalue weighted by atomic mass is 32.2. The number of rotatable bonds is 7. The van der Waals surface area contributed by atoms with Crippen LogP contribution >= 0.6 is 11.3 Å². The Morgan fingerprint density at radius 1 is 1.17 bits per heavy atom. The predicted octanol–water partition coefficient (Wildman–Crippen LogP) is 3.86. The summed E-state index contributed by atoms with van der Waals surface area (Å²) in [5.74, 6) is -0.822. The number of ether oxygens (including phenoxy) is 1. The van der Waals surface area contributed by atoms with Gasteiger partial charge in [0.1, 0.15) is 15.8 Å². The second-order valence-electron chi connectivity index (χ2n) is 7.24. The van der Waals surface area contributed by atoms with Crippen LogP contribution < -0.4 is 15.1 Å². The Morgan fingerprint density at radius 3 is 2.51 bits per heavy atom. The molecule has 4 aromatic rings. The molecule has 14 heteroatoms. The predicted molar refractivity (Wildman–Crippen MR) is 122 cm³/mol. The lowest BCUT2D eigenvalue weighted by molar-refractivity contribution is -0.274. The fourth-order valence-electron chi connectivity index (χ4n) is 3.27. The Balaban J connectivity index is 1.60. The fraction of sp³-hybridized carbons (Fsp3) is 0.143. The minimum atomic E-state index is -4.86. The van der Waals surface area contributed by atoms with Gasteiger partial charge < -0.3 is 9.84 Å². The van der Waals surface area contributed by atoms with Crippen LogP contribution in [0.3, 0.4) is 0 Å². The van der Waals surface area contributed by atoms with Crippen LogP contribution in [-0.2, 0) is 16.6 Å². The Kier molecular flexibility index (Phi) is 6.34. The lowest BCUT2D eigenvalue weighted by atomic mass is 10.2. The van der Waals surface area contributed by atoms with Crippen molar-refractivity contribution in [2.45, 2.75) is 24.0 Å². The summed E-state index contributed by atoms with van der Waals surface area (Å²) in [5, 5.41) is 12.2. The van der Waals surface area contributed by atoms with Crippen LogP contribution in [0, 0.1) is 6.92 Å². The number of nitrogens with one attached hydrogen (secondary N) is 1. The molecule has 0 fully saturated rings. The molecule has 0 bridgehead atoms. The van der Waals surface area contributed by atoms with Gasteiger partial charge in [-0.1, -0.05) is 6.07 Å². The smallest absolute Gasteiger partial charge is 0.493 e. The molecule has 0 unspecified atom stereocenters. The summed E-state index contributed by atoms with van der Waals surface area (Å²) in [6.07, 6.45) is -3.49. The zero-order chi connectivity index (χ0) is 25.4. The van der Waals surface area contributed by atoms with E-state index < -0.39 is 33.7 Å². The van der Waals surface area contributed by atoms with Gasteiger partial charge in [0.05, 0.1) is 17.9 Å². The number of benzene rings is 1. The summed E-state index contributed by atoms with van der Waals surface area (Å²) < 4.78 is 70.5. The van der Waals surface area contributed by atoms with Crippen LogP contribution in [-0.4, -0.2) is 34.0 Å². The largest absolute Gasteiger partial charge is 0.573 e. The number of hydrogen-bond acceptors (Lipinski definition) is 7. The van der Waals surface area contributed by atoms with Crippen molar-refractivity contribution in [3.8, 4) is 17.3 Å². The summed E-state index contributed by atoms with van der Waals surface area (Å²) >= 11 is 1.05. The average Bonchev–Trinajstić information content (AvgIpc) is 3.39. The van der Waals surface area contributed by atoms with Gasteiger partial charge in [-0.25, -0.2) is 22.8 Å². The summed E-state index contributed by atoms with van der Waals surface area (Å²) in [6.45, 7) is 1.46. The molecule has 0 amide bonds. The maximum atomic E-state index is 13.0. The zero-order valence-corrected chi connectivity index (χ0v) is 19.5. The first-order chi connectivity index (χ1) is 16.4. The van der Waals surface area contributed by atoms with E-state index in [1.54, 1.807) is 17.5 Å². The molecule has 3 aromatic heterocycles. The number of pyridine rings is 1. The number of anilines is 1. The third-order valence-electron chi connectivity index (χ3n) is 4.85. The van der Waals surface area contributed by atoms with E-state index in [0.717, 1.165) is 28.0 Å². The van der Waals surface area contributed by atoms with E-state index in [1.807, 2.05) is 0 Å². The molecule has 9 nitrogen and oxygen atoms in total. The van der Waals surface area contributed by atoms with Crippen LogP contribution in [0.2, 0.25) is 0 Å². The molecule has 0 radical (unpaired) electrons. The molecule has 0 atom stereocenters. The number of aromatic nitrogens is 3. The molecular formula is C21H17F3N4O5S2. The Bertz CT molecular complexity index is 1510. The third kappa shape index (κ3) is 5.33. The van der Waals surface area contributed by atoms with Crippen molar-refractivity contribution < 1.29 is 31.4 Å². The second-order valence-corrected chi connectivity index (χ2v) is 10.1. The zero-order valence-electron chi connectivity index (χ0n) is 17.9. The van der Waals surface area contributed by atoms with E-state index in [4.69, 9.17) is 0 Å². The average molecular weight is 527 g/mol. The third-order valence-corrected chi connectivity index (χ3v) is 7.61. The van der Waals surface area contributed by atoms with Crippen LogP contribution in [0.25, 0.3) is 5.69 Å². The number of alkyl halides is 3. The molecule has 0 aliphatic heterocycles. The van der Waals surface area contributed by atoms with Crippen LogP contribution in [0.5, 0.6) is 11.6 Å². The lowest BCUT2D eigenvalue weighted by Gasteiger charge is -2.09.